The molecule has 100 valence electrons. The molecule has 0 unspecified atom stereocenters. The van der Waals surface area contributed by atoms with Crippen LogP contribution in [0.15, 0.2) is 18.3 Å². The summed E-state index contributed by atoms with van der Waals surface area (Å²) >= 11 is 0. The SMILES string of the molecule is CC(C)[C@H](NC(=O)c1cccn1C(C)C)C(=O)O. The van der Waals surface area contributed by atoms with Gasteiger partial charge in [0, 0.05) is 12.2 Å². The zero-order valence-corrected chi connectivity index (χ0v) is 11.2. The van der Waals surface area contributed by atoms with Crippen LogP contribution in [0.1, 0.15) is 44.2 Å². The molecule has 0 saturated heterocycles. The van der Waals surface area contributed by atoms with E-state index >= 15 is 0 Å². The molecule has 5 heteroatoms. The highest BCUT2D eigenvalue weighted by Gasteiger charge is 2.25. The van der Waals surface area contributed by atoms with Crippen LogP contribution in [-0.2, 0) is 4.79 Å². The molecule has 1 atom stereocenters. The molecule has 0 fully saturated rings. The molecule has 5 nitrogen and oxygen atoms in total. The first-order valence-electron chi connectivity index (χ1n) is 6.05. The van der Waals surface area contributed by atoms with E-state index in [1.807, 2.05) is 24.6 Å². The summed E-state index contributed by atoms with van der Waals surface area (Å²) in [4.78, 5) is 23.1. The monoisotopic (exact) mass is 252 g/mol. The second-order valence-electron chi connectivity index (χ2n) is 4.93. The van der Waals surface area contributed by atoms with E-state index in [1.54, 1.807) is 26.0 Å². The Hall–Kier alpha value is -1.78. The van der Waals surface area contributed by atoms with Crippen LogP contribution < -0.4 is 5.32 Å². The van der Waals surface area contributed by atoms with E-state index in [1.165, 1.54) is 0 Å². The molecule has 1 rings (SSSR count). The standard InChI is InChI=1S/C13H20N2O3/c1-8(2)11(13(17)18)14-12(16)10-6-5-7-15(10)9(3)4/h5-9,11H,1-4H3,(H,14,16)(H,17,18)/t11-/m0/s1. The topological polar surface area (TPSA) is 71.3 Å². The Labute approximate surface area is 107 Å². The lowest BCUT2D eigenvalue weighted by atomic mass is 10.0. The van der Waals surface area contributed by atoms with Crippen LogP contribution >= 0.6 is 0 Å². The summed E-state index contributed by atoms with van der Waals surface area (Å²) < 4.78 is 1.81. The van der Waals surface area contributed by atoms with Crippen molar-refractivity contribution >= 4 is 11.9 Å². The molecule has 1 heterocycles. The molecule has 1 amide bonds. The second-order valence-corrected chi connectivity index (χ2v) is 4.93. The Balaban J connectivity index is 2.87. The molecule has 18 heavy (non-hydrogen) atoms. The lowest BCUT2D eigenvalue weighted by Gasteiger charge is -2.19. The van der Waals surface area contributed by atoms with Gasteiger partial charge in [0.15, 0.2) is 0 Å². The number of carboxylic acids is 1. The zero-order valence-electron chi connectivity index (χ0n) is 11.2. The van der Waals surface area contributed by atoms with E-state index in [0.29, 0.717) is 5.69 Å². The molecule has 0 aromatic carbocycles. The van der Waals surface area contributed by atoms with Crippen molar-refractivity contribution in [3.8, 4) is 0 Å². The molecule has 0 saturated carbocycles. The van der Waals surface area contributed by atoms with Crippen LogP contribution in [0.3, 0.4) is 0 Å². The number of hydrogen-bond donors (Lipinski definition) is 2. The third kappa shape index (κ3) is 3.12. The quantitative estimate of drug-likeness (QED) is 0.840. The Morgan fingerprint density at radius 2 is 1.89 bits per heavy atom. The molecular weight excluding hydrogens is 232 g/mol. The lowest BCUT2D eigenvalue weighted by Crippen LogP contribution is -2.44. The van der Waals surface area contributed by atoms with Crippen molar-refractivity contribution < 1.29 is 14.7 Å². The van der Waals surface area contributed by atoms with Crippen LogP contribution in [-0.4, -0.2) is 27.6 Å². The average molecular weight is 252 g/mol. The Morgan fingerprint density at radius 1 is 1.28 bits per heavy atom. The van der Waals surface area contributed by atoms with Gasteiger partial charge in [-0.05, 0) is 31.9 Å². The number of nitrogens with one attached hydrogen (secondary N) is 1. The smallest absolute Gasteiger partial charge is 0.326 e. The molecule has 2 N–H and O–H groups in total. The summed E-state index contributed by atoms with van der Waals surface area (Å²) in [6.07, 6.45) is 1.81. The summed E-state index contributed by atoms with van der Waals surface area (Å²) in [7, 11) is 0. The summed E-state index contributed by atoms with van der Waals surface area (Å²) in [6, 6.07) is 2.75. The summed E-state index contributed by atoms with van der Waals surface area (Å²) in [5, 5.41) is 11.6. The minimum atomic E-state index is -1.01. The van der Waals surface area contributed by atoms with Crippen LogP contribution in [0, 0.1) is 5.92 Å². The predicted molar refractivity (Wildman–Crippen MR) is 68.5 cm³/mol. The Morgan fingerprint density at radius 3 is 2.33 bits per heavy atom. The predicted octanol–water partition coefficient (Wildman–Crippen LogP) is 1.91. The van der Waals surface area contributed by atoms with Gasteiger partial charge in [-0.25, -0.2) is 4.79 Å². The van der Waals surface area contributed by atoms with Gasteiger partial charge < -0.3 is 15.0 Å². The third-order valence-corrected chi connectivity index (χ3v) is 2.79. The van der Waals surface area contributed by atoms with E-state index in [0.717, 1.165) is 0 Å². The highest BCUT2D eigenvalue weighted by atomic mass is 16.4. The normalized spacial score (nSPS) is 12.8. The van der Waals surface area contributed by atoms with Gasteiger partial charge >= 0.3 is 5.97 Å². The highest BCUT2D eigenvalue weighted by molar-refractivity contribution is 5.95. The van der Waals surface area contributed by atoms with Crippen LogP contribution in [0.5, 0.6) is 0 Å². The molecule has 0 aliphatic heterocycles. The van der Waals surface area contributed by atoms with E-state index in [2.05, 4.69) is 5.32 Å². The minimum Gasteiger partial charge on any atom is -0.480 e. The van der Waals surface area contributed by atoms with Crippen molar-refractivity contribution in [3.63, 3.8) is 0 Å². The fourth-order valence-corrected chi connectivity index (χ4v) is 1.77. The largest absolute Gasteiger partial charge is 0.480 e. The molecule has 0 aliphatic rings. The number of carbonyl (C=O) groups is 2. The van der Waals surface area contributed by atoms with Gasteiger partial charge in [0.05, 0.1) is 0 Å². The van der Waals surface area contributed by atoms with Gasteiger partial charge in [-0.3, -0.25) is 4.79 Å². The fourth-order valence-electron chi connectivity index (χ4n) is 1.77. The summed E-state index contributed by atoms with van der Waals surface area (Å²) in [5.74, 6) is -1.52. The maximum atomic E-state index is 12.1. The number of nitrogens with zero attached hydrogens (tertiary/aromatic N) is 1. The summed E-state index contributed by atoms with van der Waals surface area (Å²) in [6.45, 7) is 7.46. The maximum Gasteiger partial charge on any atom is 0.326 e. The number of aliphatic carboxylic acids is 1. The van der Waals surface area contributed by atoms with Crippen molar-refractivity contribution in [2.75, 3.05) is 0 Å². The third-order valence-electron chi connectivity index (χ3n) is 2.79. The second kappa shape index (κ2) is 5.71. The van der Waals surface area contributed by atoms with Crippen molar-refractivity contribution in [1.29, 1.82) is 0 Å². The number of carboxylic acid groups (broad SMARTS) is 1. The van der Waals surface area contributed by atoms with Crippen LogP contribution in [0.25, 0.3) is 0 Å². The van der Waals surface area contributed by atoms with Gasteiger partial charge in [-0.2, -0.15) is 0 Å². The first-order chi connectivity index (χ1) is 8.34. The zero-order chi connectivity index (χ0) is 13.9. The van der Waals surface area contributed by atoms with Gasteiger partial charge in [0.2, 0.25) is 0 Å². The van der Waals surface area contributed by atoms with Crippen LogP contribution in [0.2, 0.25) is 0 Å². The molecule has 0 bridgehead atoms. The van der Waals surface area contributed by atoms with Gasteiger partial charge in [-0.1, -0.05) is 13.8 Å². The highest BCUT2D eigenvalue weighted by Crippen LogP contribution is 2.11. The Kier molecular flexibility index (Phi) is 4.53. The van der Waals surface area contributed by atoms with E-state index in [4.69, 9.17) is 5.11 Å². The summed E-state index contributed by atoms with van der Waals surface area (Å²) in [5.41, 5.74) is 0.483. The molecular formula is C13H20N2O3. The number of hydrogen-bond acceptors (Lipinski definition) is 2. The van der Waals surface area contributed by atoms with E-state index in [9.17, 15) is 9.59 Å². The number of rotatable bonds is 5. The molecule has 0 spiro atoms. The van der Waals surface area contributed by atoms with E-state index in [-0.39, 0.29) is 17.9 Å². The van der Waals surface area contributed by atoms with Crippen molar-refractivity contribution in [2.24, 2.45) is 5.92 Å². The van der Waals surface area contributed by atoms with Gasteiger partial charge in [0.25, 0.3) is 5.91 Å². The molecule has 0 radical (unpaired) electrons. The number of amides is 1. The lowest BCUT2D eigenvalue weighted by molar-refractivity contribution is -0.140. The van der Waals surface area contributed by atoms with Gasteiger partial charge in [-0.15, -0.1) is 0 Å². The first-order valence-corrected chi connectivity index (χ1v) is 6.05. The minimum absolute atomic E-state index is 0.156. The number of aromatic nitrogens is 1. The fraction of sp³-hybridized carbons (Fsp3) is 0.538. The Bertz CT molecular complexity index is 435. The number of carbonyl (C=O) groups excluding carboxylic acids is 1. The molecule has 1 aromatic heterocycles. The average Bonchev–Trinajstić information content (AvgIpc) is 2.73. The van der Waals surface area contributed by atoms with Crippen molar-refractivity contribution in [2.45, 2.75) is 39.8 Å². The van der Waals surface area contributed by atoms with Crippen molar-refractivity contribution in [3.05, 3.63) is 24.0 Å². The van der Waals surface area contributed by atoms with Crippen molar-refractivity contribution in [1.82, 2.24) is 9.88 Å². The molecule has 0 aliphatic carbocycles. The van der Waals surface area contributed by atoms with Crippen LogP contribution in [0.4, 0.5) is 0 Å². The van der Waals surface area contributed by atoms with E-state index < -0.39 is 12.0 Å². The maximum absolute atomic E-state index is 12.1. The molecule has 1 aromatic rings. The van der Waals surface area contributed by atoms with Gasteiger partial charge in [0.1, 0.15) is 11.7 Å². The first kappa shape index (κ1) is 14.3.